The lowest BCUT2D eigenvalue weighted by molar-refractivity contribution is 0.0526. The van der Waals surface area contributed by atoms with Gasteiger partial charge in [0, 0.05) is 4.47 Å². The highest BCUT2D eigenvalue weighted by Crippen LogP contribution is 2.24. The molecule has 1 N–H and O–H groups in total. The van der Waals surface area contributed by atoms with Crippen LogP contribution in [-0.2, 0) is 4.74 Å². The molecule has 0 atom stereocenters. The van der Waals surface area contributed by atoms with Crippen LogP contribution in [-0.4, -0.2) is 27.2 Å². The van der Waals surface area contributed by atoms with Crippen LogP contribution in [0.4, 0.5) is 5.69 Å². The quantitative estimate of drug-likeness (QED) is 0.852. The number of rotatable bonds is 4. The lowest BCUT2D eigenvalue weighted by Crippen LogP contribution is -2.13. The van der Waals surface area contributed by atoms with E-state index in [4.69, 9.17) is 4.74 Å². The van der Waals surface area contributed by atoms with Gasteiger partial charge in [-0.2, -0.15) is 8.75 Å². The first kappa shape index (κ1) is 14.6. The molecule has 0 unspecified atom stereocenters. The fraction of sp³-hybridized carbons (Fsp3) is 0.167. The number of amides is 1. The first-order chi connectivity index (χ1) is 9.61. The summed E-state index contributed by atoms with van der Waals surface area (Å²) in [6.45, 7) is 2.05. The van der Waals surface area contributed by atoms with Gasteiger partial charge in [-0.3, -0.25) is 4.79 Å². The van der Waals surface area contributed by atoms with Gasteiger partial charge in [-0.25, -0.2) is 4.79 Å². The number of ether oxygens (including phenoxy) is 1. The van der Waals surface area contributed by atoms with E-state index < -0.39 is 5.97 Å². The molecular formula is C12H10BrN3O3S. The number of esters is 1. The van der Waals surface area contributed by atoms with Crippen LogP contribution in [0.2, 0.25) is 0 Å². The van der Waals surface area contributed by atoms with Crippen molar-refractivity contribution < 1.29 is 14.3 Å². The molecule has 0 saturated heterocycles. The van der Waals surface area contributed by atoms with Crippen LogP contribution in [0.3, 0.4) is 0 Å². The molecule has 0 spiro atoms. The Hall–Kier alpha value is -1.80. The fourth-order valence-corrected chi connectivity index (χ4v) is 2.30. The lowest BCUT2D eigenvalue weighted by Gasteiger charge is -2.08. The average Bonchev–Trinajstić information content (AvgIpc) is 2.95. The zero-order chi connectivity index (χ0) is 14.5. The number of hydrogen-bond donors (Lipinski definition) is 1. The summed E-state index contributed by atoms with van der Waals surface area (Å²) < 4.78 is 13.1. The van der Waals surface area contributed by atoms with Crippen LogP contribution >= 0.6 is 27.7 Å². The van der Waals surface area contributed by atoms with Crippen molar-refractivity contribution in [3.8, 4) is 0 Å². The van der Waals surface area contributed by atoms with Crippen LogP contribution in [0.15, 0.2) is 28.9 Å². The van der Waals surface area contributed by atoms with E-state index in [0.717, 1.165) is 11.7 Å². The molecule has 2 aromatic rings. The van der Waals surface area contributed by atoms with Crippen LogP contribution in [0.5, 0.6) is 0 Å². The number of nitrogens with one attached hydrogen (secondary N) is 1. The maximum atomic E-state index is 11.8. The number of halogens is 1. The predicted octanol–water partition coefficient (Wildman–Crippen LogP) is 2.73. The maximum Gasteiger partial charge on any atom is 0.338 e. The molecule has 0 aliphatic heterocycles. The Labute approximate surface area is 127 Å². The van der Waals surface area contributed by atoms with Crippen molar-refractivity contribution in [2.75, 3.05) is 11.9 Å². The summed E-state index contributed by atoms with van der Waals surface area (Å²) >= 11 is 4.26. The standard InChI is InChI=1S/C12H10BrN3O3S/c1-2-19-12(18)7-3-4-9(8(13)5-7)15-11(17)10-6-14-20-16-10/h3-6H,2H2,1H3,(H,15,17). The Morgan fingerprint density at radius 3 is 2.85 bits per heavy atom. The second-order valence-electron chi connectivity index (χ2n) is 3.66. The molecule has 0 fully saturated rings. The van der Waals surface area contributed by atoms with Crippen molar-refractivity contribution in [3.63, 3.8) is 0 Å². The van der Waals surface area contributed by atoms with E-state index in [2.05, 4.69) is 30.0 Å². The Kier molecular flexibility index (Phi) is 4.80. The van der Waals surface area contributed by atoms with Crippen LogP contribution in [0, 0.1) is 0 Å². The minimum atomic E-state index is -0.408. The van der Waals surface area contributed by atoms with Gasteiger partial charge in [-0.1, -0.05) is 0 Å². The molecule has 8 heteroatoms. The smallest absolute Gasteiger partial charge is 0.338 e. The van der Waals surface area contributed by atoms with Crippen LogP contribution in [0.1, 0.15) is 27.8 Å². The normalized spacial score (nSPS) is 10.1. The number of carbonyl (C=O) groups excluding carboxylic acids is 2. The van der Waals surface area contributed by atoms with Gasteiger partial charge in [0.2, 0.25) is 0 Å². The van der Waals surface area contributed by atoms with Gasteiger partial charge in [0.05, 0.1) is 35.8 Å². The summed E-state index contributed by atoms with van der Waals surface area (Å²) in [6.07, 6.45) is 1.39. The molecule has 0 radical (unpaired) electrons. The molecule has 1 heterocycles. The molecule has 1 aromatic carbocycles. The predicted molar refractivity (Wildman–Crippen MR) is 78.0 cm³/mol. The van der Waals surface area contributed by atoms with Crippen LogP contribution in [0.25, 0.3) is 0 Å². The molecule has 20 heavy (non-hydrogen) atoms. The van der Waals surface area contributed by atoms with Crippen molar-refractivity contribution in [3.05, 3.63) is 40.1 Å². The van der Waals surface area contributed by atoms with Gasteiger partial charge < -0.3 is 10.1 Å². The molecule has 104 valence electrons. The molecule has 0 aliphatic rings. The fourth-order valence-electron chi connectivity index (χ4n) is 1.41. The number of nitrogens with zero attached hydrogens (tertiary/aromatic N) is 2. The molecule has 6 nitrogen and oxygen atoms in total. The first-order valence-corrected chi connectivity index (χ1v) is 7.19. The topological polar surface area (TPSA) is 81.2 Å². The second-order valence-corrected chi connectivity index (χ2v) is 5.07. The van der Waals surface area contributed by atoms with E-state index in [1.54, 1.807) is 25.1 Å². The number of carbonyl (C=O) groups is 2. The third-order valence-corrected chi connectivity index (χ3v) is 3.46. The molecule has 1 aromatic heterocycles. The van der Waals surface area contributed by atoms with Gasteiger partial charge in [-0.15, -0.1) is 0 Å². The van der Waals surface area contributed by atoms with Gasteiger partial charge in [0.15, 0.2) is 5.69 Å². The summed E-state index contributed by atoms with van der Waals surface area (Å²) in [5, 5.41) is 2.68. The minimum absolute atomic E-state index is 0.247. The van der Waals surface area contributed by atoms with E-state index >= 15 is 0 Å². The zero-order valence-electron chi connectivity index (χ0n) is 10.4. The Bertz CT molecular complexity index is 631. The lowest BCUT2D eigenvalue weighted by atomic mass is 10.2. The van der Waals surface area contributed by atoms with E-state index in [9.17, 15) is 9.59 Å². The summed E-state index contributed by atoms with van der Waals surface area (Å²) in [5.41, 5.74) is 1.19. The highest BCUT2D eigenvalue weighted by Gasteiger charge is 2.13. The highest BCUT2D eigenvalue weighted by molar-refractivity contribution is 9.10. The van der Waals surface area contributed by atoms with E-state index in [0.29, 0.717) is 22.3 Å². The van der Waals surface area contributed by atoms with Crippen molar-refractivity contribution in [1.29, 1.82) is 0 Å². The highest BCUT2D eigenvalue weighted by atomic mass is 79.9. The Morgan fingerprint density at radius 1 is 1.45 bits per heavy atom. The summed E-state index contributed by atoms with van der Waals surface area (Å²) in [4.78, 5) is 23.4. The molecule has 1 amide bonds. The van der Waals surface area contributed by atoms with Gasteiger partial charge >= 0.3 is 5.97 Å². The summed E-state index contributed by atoms with van der Waals surface area (Å²) in [7, 11) is 0. The SMILES string of the molecule is CCOC(=O)c1ccc(NC(=O)c2cnsn2)c(Br)c1. The number of benzene rings is 1. The van der Waals surface area contributed by atoms with Gasteiger partial charge in [0.1, 0.15) is 0 Å². The minimum Gasteiger partial charge on any atom is -0.462 e. The third kappa shape index (κ3) is 3.40. The summed E-state index contributed by atoms with van der Waals surface area (Å²) in [5.74, 6) is -0.766. The molecule has 2 rings (SSSR count). The average molecular weight is 356 g/mol. The van der Waals surface area contributed by atoms with Crippen molar-refractivity contribution in [2.45, 2.75) is 6.92 Å². The summed E-state index contributed by atoms with van der Waals surface area (Å²) in [6, 6.07) is 4.79. The maximum absolute atomic E-state index is 11.8. The van der Waals surface area contributed by atoms with Crippen molar-refractivity contribution in [2.24, 2.45) is 0 Å². The van der Waals surface area contributed by atoms with Crippen molar-refractivity contribution >= 4 is 45.2 Å². The third-order valence-electron chi connectivity index (χ3n) is 2.32. The number of hydrogen-bond acceptors (Lipinski definition) is 6. The van der Waals surface area contributed by atoms with E-state index in [1.807, 2.05) is 0 Å². The van der Waals surface area contributed by atoms with E-state index in [-0.39, 0.29) is 11.6 Å². The Morgan fingerprint density at radius 2 is 2.25 bits per heavy atom. The van der Waals surface area contributed by atoms with Gasteiger partial charge in [-0.05, 0) is 41.1 Å². The largest absolute Gasteiger partial charge is 0.462 e. The molecular weight excluding hydrogens is 346 g/mol. The number of aromatic nitrogens is 2. The molecule has 0 saturated carbocycles. The second kappa shape index (κ2) is 6.58. The van der Waals surface area contributed by atoms with Gasteiger partial charge in [0.25, 0.3) is 5.91 Å². The zero-order valence-corrected chi connectivity index (χ0v) is 12.8. The molecule has 0 aliphatic carbocycles. The monoisotopic (exact) mass is 355 g/mol. The van der Waals surface area contributed by atoms with Crippen LogP contribution < -0.4 is 5.32 Å². The Balaban J connectivity index is 2.14. The van der Waals surface area contributed by atoms with E-state index in [1.165, 1.54) is 6.20 Å². The first-order valence-electron chi connectivity index (χ1n) is 5.67. The number of anilines is 1. The van der Waals surface area contributed by atoms with Crippen molar-refractivity contribution in [1.82, 2.24) is 8.75 Å². The molecule has 0 bridgehead atoms.